The minimum atomic E-state index is 0.200. The van der Waals surface area contributed by atoms with Gasteiger partial charge in [0, 0.05) is 12.1 Å². The monoisotopic (exact) mass is 246 g/mol. The van der Waals surface area contributed by atoms with Crippen LogP contribution >= 0.6 is 0 Å². The molecule has 2 nitrogen and oxygen atoms in total. The SMILES string of the molecule is CC1CCCCN1CCCC(N)c1ccccc1. The lowest BCUT2D eigenvalue weighted by Gasteiger charge is -2.33. The lowest BCUT2D eigenvalue weighted by atomic mass is 10.0. The van der Waals surface area contributed by atoms with Crippen LogP contribution in [0.2, 0.25) is 0 Å². The van der Waals surface area contributed by atoms with Gasteiger partial charge in [0.1, 0.15) is 0 Å². The highest BCUT2D eigenvalue weighted by molar-refractivity contribution is 5.18. The summed E-state index contributed by atoms with van der Waals surface area (Å²) in [5, 5.41) is 0. The van der Waals surface area contributed by atoms with Gasteiger partial charge in [-0.05, 0) is 51.3 Å². The number of nitrogens with zero attached hydrogens (tertiary/aromatic N) is 1. The van der Waals surface area contributed by atoms with Crippen molar-refractivity contribution in [1.82, 2.24) is 4.90 Å². The van der Waals surface area contributed by atoms with E-state index in [-0.39, 0.29) is 6.04 Å². The first-order valence-corrected chi connectivity index (χ1v) is 7.32. The Morgan fingerprint density at radius 2 is 2.06 bits per heavy atom. The predicted molar refractivity (Wildman–Crippen MR) is 77.5 cm³/mol. The molecule has 1 heterocycles. The Balaban J connectivity index is 1.71. The normalized spacial score (nSPS) is 22.9. The van der Waals surface area contributed by atoms with E-state index in [1.807, 2.05) is 6.07 Å². The van der Waals surface area contributed by atoms with Crippen LogP contribution in [0.3, 0.4) is 0 Å². The van der Waals surface area contributed by atoms with Crippen molar-refractivity contribution in [3.05, 3.63) is 35.9 Å². The third-order valence-electron chi connectivity index (χ3n) is 4.13. The number of piperidine rings is 1. The van der Waals surface area contributed by atoms with E-state index in [0.29, 0.717) is 0 Å². The van der Waals surface area contributed by atoms with Crippen molar-refractivity contribution in [2.45, 2.75) is 51.1 Å². The van der Waals surface area contributed by atoms with Crippen molar-refractivity contribution in [3.8, 4) is 0 Å². The van der Waals surface area contributed by atoms with E-state index in [1.54, 1.807) is 0 Å². The average Bonchev–Trinajstić information content (AvgIpc) is 2.42. The molecule has 2 heteroatoms. The Morgan fingerprint density at radius 3 is 2.78 bits per heavy atom. The largest absolute Gasteiger partial charge is 0.324 e. The maximum atomic E-state index is 6.23. The number of likely N-dealkylation sites (tertiary alicyclic amines) is 1. The summed E-state index contributed by atoms with van der Waals surface area (Å²) < 4.78 is 0. The van der Waals surface area contributed by atoms with E-state index in [9.17, 15) is 0 Å². The van der Waals surface area contributed by atoms with Crippen LogP contribution in [0, 0.1) is 0 Å². The van der Waals surface area contributed by atoms with Gasteiger partial charge in [0.05, 0.1) is 0 Å². The molecule has 100 valence electrons. The van der Waals surface area contributed by atoms with Crippen molar-refractivity contribution < 1.29 is 0 Å². The smallest absolute Gasteiger partial charge is 0.0295 e. The van der Waals surface area contributed by atoms with Gasteiger partial charge in [-0.3, -0.25) is 0 Å². The average molecular weight is 246 g/mol. The molecule has 1 aliphatic heterocycles. The van der Waals surface area contributed by atoms with E-state index >= 15 is 0 Å². The third-order valence-corrected chi connectivity index (χ3v) is 4.13. The van der Waals surface area contributed by atoms with Crippen LogP contribution in [0.1, 0.15) is 50.6 Å². The molecule has 2 atom stereocenters. The van der Waals surface area contributed by atoms with Crippen LogP contribution < -0.4 is 5.73 Å². The molecule has 1 saturated heterocycles. The standard InChI is InChI=1S/C16H26N2/c1-14-8-5-6-12-18(14)13-7-11-16(17)15-9-3-2-4-10-15/h2-4,9-10,14,16H,5-8,11-13,17H2,1H3. The Bertz CT molecular complexity index is 336. The molecular weight excluding hydrogens is 220 g/mol. The number of nitrogens with two attached hydrogens (primary N) is 1. The topological polar surface area (TPSA) is 29.3 Å². The maximum absolute atomic E-state index is 6.23. The van der Waals surface area contributed by atoms with Gasteiger partial charge in [0.2, 0.25) is 0 Å². The molecule has 18 heavy (non-hydrogen) atoms. The number of hydrogen-bond donors (Lipinski definition) is 1. The van der Waals surface area contributed by atoms with Gasteiger partial charge in [0.25, 0.3) is 0 Å². The van der Waals surface area contributed by atoms with E-state index in [2.05, 4.69) is 36.1 Å². The summed E-state index contributed by atoms with van der Waals surface area (Å²) in [6, 6.07) is 11.4. The number of rotatable bonds is 5. The molecular formula is C16H26N2. The quantitative estimate of drug-likeness (QED) is 0.863. The first-order valence-electron chi connectivity index (χ1n) is 7.32. The Labute approximate surface area is 111 Å². The van der Waals surface area contributed by atoms with Crippen LogP contribution in [-0.2, 0) is 0 Å². The van der Waals surface area contributed by atoms with Gasteiger partial charge in [-0.2, -0.15) is 0 Å². The fourth-order valence-corrected chi connectivity index (χ4v) is 2.87. The molecule has 2 unspecified atom stereocenters. The number of benzene rings is 1. The molecule has 1 fully saturated rings. The molecule has 2 rings (SSSR count). The highest BCUT2D eigenvalue weighted by atomic mass is 15.1. The fraction of sp³-hybridized carbons (Fsp3) is 0.625. The molecule has 0 aromatic heterocycles. The first-order chi connectivity index (χ1) is 8.77. The predicted octanol–water partition coefficient (Wildman–Crippen LogP) is 3.34. The van der Waals surface area contributed by atoms with Gasteiger partial charge in [0.15, 0.2) is 0 Å². The van der Waals surface area contributed by atoms with Crippen LogP contribution in [0.4, 0.5) is 0 Å². The zero-order valence-electron chi connectivity index (χ0n) is 11.5. The summed E-state index contributed by atoms with van der Waals surface area (Å²) in [4.78, 5) is 2.63. The second-order valence-electron chi connectivity index (χ2n) is 5.54. The van der Waals surface area contributed by atoms with Crippen molar-refractivity contribution in [3.63, 3.8) is 0 Å². The molecule has 1 aliphatic rings. The molecule has 0 saturated carbocycles. The molecule has 0 aliphatic carbocycles. The van der Waals surface area contributed by atoms with Gasteiger partial charge < -0.3 is 10.6 Å². The molecule has 0 spiro atoms. The molecule has 0 amide bonds. The summed E-state index contributed by atoms with van der Waals surface area (Å²) in [5.41, 5.74) is 7.49. The van der Waals surface area contributed by atoms with Crippen LogP contribution in [0.25, 0.3) is 0 Å². The van der Waals surface area contributed by atoms with Gasteiger partial charge in [-0.15, -0.1) is 0 Å². The zero-order chi connectivity index (χ0) is 12.8. The number of hydrogen-bond acceptors (Lipinski definition) is 2. The zero-order valence-corrected chi connectivity index (χ0v) is 11.5. The summed E-state index contributed by atoms with van der Waals surface area (Å²) in [7, 11) is 0. The minimum absolute atomic E-state index is 0.200. The second-order valence-corrected chi connectivity index (χ2v) is 5.54. The molecule has 2 N–H and O–H groups in total. The van der Waals surface area contributed by atoms with Gasteiger partial charge >= 0.3 is 0 Å². The lowest BCUT2D eigenvalue weighted by molar-refractivity contribution is 0.157. The minimum Gasteiger partial charge on any atom is -0.324 e. The summed E-state index contributed by atoms with van der Waals surface area (Å²) in [6.45, 7) is 4.85. The van der Waals surface area contributed by atoms with Crippen molar-refractivity contribution in [1.29, 1.82) is 0 Å². The Hall–Kier alpha value is -0.860. The maximum Gasteiger partial charge on any atom is 0.0295 e. The highest BCUT2D eigenvalue weighted by Crippen LogP contribution is 2.19. The van der Waals surface area contributed by atoms with E-state index in [4.69, 9.17) is 5.73 Å². The first kappa shape index (κ1) is 13.6. The van der Waals surface area contributed by atoms with Crippen molar-refractivity contribution in [2.24, 2.45) is 5.73 Å². The van der Waals surface area contributed by atoms with Crippen molar-refractivity contribution >= 4 is 0 Å². The Morgan fingerprint density at radius 1 is 1.28 bits per heavy atom. The molecule has 0 bridgehead atoms. The summed E-state index contributed by atoms with van der Waals surface area (Å²) >= 11 is 0. The van der Waals surface area contributed by atoms with Gasteiger partial charge in [-0.1, -0.05) is 36.8 Å². The summed E-state index contributed by atoms with van der Waals surface area (Å²) in [6.07, 6.45) is 6.44. The van der Waals surface area contributed by atoms with Crippen LogP contribution in [0.15, 0.2) is 30.3 Å². The van der Waals surface area contributed by atoms with Gasteiger partial charge in [-0.25, -0.2) is 0 Å². The van der Waals surface area contributed by atoms with Crippen molar-refractivity contribution in [2.75, 3.05) is 13.1 Å². The molecule has 1 aromatic rings. The van der Waals surface area contributed by atoms with Crippen LogP contribution in [0.5, 0.6) is 0 Å². The van der Waals surface area contributed by atoms with E-state index < -0.39 is 0 Å². The van der Waals surface area contributed by atoms with Crippen LogP contribution in [-0.4, -0.2) is 24.0 Å². The lowest BCUT2D eigenvalue weighted by Crippen LogP contribution is -2.38. The third kappa shape index (κ3) is 3.82. The van der Waals surface area contributed by atoms with E-state index in [1.165, 1.54) is 44.3 Å². The summed E-state index contributed by atoms with van der Waals surface area (Å²) in [5.74, 6) is 0. The van der Waals surface area contributed by atoms with E-state index in [0.717, 1.165) is 12.5 Å². The Kier molecular flexibility index (Phi) is 5.21. The second kappa shape index (κ2) is 6.91. The highest BCUT2D eigenvalue weighted by Gasteiger charge is 2.17. The fourth-order valence-electron chi connectivity index (χ4n) is 2.87. The molecule has 1 aromatic carbocycles. The molecule has 0 radical (unpaired) electrons.